The van der Waals surface area contributed by atoms with E-state index in [0.717, 1.165) is 0 Å². The van der Waals surface area contributed by atoms with E-state index in [1.807, 2.05) is 0 Å². The fraction of sp³-hybridized carbons (Fsp3) is 0.118. The lowest BCUT2D eigenvalue weighted by Crippen LogP contribution is -2.16. The number of benzene rings is 2. The summed E-state index contributed by atoms with van der Waals surface area (Å²) in [5.41, 5.74) is 0.695. The Balaban J connectivity index is 1.81. The molecule has 0 unspecified atom stereocenters. The fourth-order valence-electron chi connectivity index (χ4n) is 2.46. The Hall–Kier alpha value is -3.05. The molecule has 0 saturated carbocycles. The zero-order valence-electron chi connectivity index (χ0n) is 14.0. The third-order valence-electron chi connectivity index (χ3n) is 3.76. The summed E-state index contributed by atoms with van der Waals surface area (Å²) in [7, 11) is -3.98. The number of hydrogen-bond acceptors (Lipinski definition) is 6. The number of hydrogen-bond donors (Lipinski definition) is 1. The van der Waals surface area contributed by atoms with Gasteiger partial charge in [0.2, 0.25) is 15.8 Å². The number of nitrogens with two attached hydrogens (primary N) is 1. The highest BCUT2D eigenvalue weighted by Crippen LogP contribution is 2.29. The molecule has 0 bridgehead atoms. The molecular formula is C17H12F3N3O4S. The van der Waals surface area contributed by atoms with Crippen LogP contribution in [0.5, 0.6) is 0 Å². The maximum absolute atomic E-state index is 12.5. The molecule has 2 aromatic carbocycles. The fourth-order valence-corrected chi connectivity index (χ4v) is 3.24. The molecule has 0 aliphatic carbocycles. The van der Waals surface area contributed by atoms with Crippen LogP contribution in [-0.4, -0.2) is 24.3 Å². The van der Waals surface area contributed by atoms with E-state index in [9.17, 15) is 26.4 Å². The molecule has 1 aromatic heterocycles. The molecular weight excluding hydrogens is 399 g/mol. The van der Waals surface area contributed by atoms with Crippen molar-refractivity contribution in [3.63, 3.8) is 0 Å². The van der Waals surface area contributed by atoms with Crippen LogP contribution < -0.4 is 5.14 Å². The second kappa shape index (κ2) is 7.17. The van der Waals surface area contributed by atoms with Crippen molar-refractivity contribution in [3.8, 4) is 11.4 Å². The second-order valence-electron chi connectivity index (χ2n) is 5.75. The van der Waals surface area contributed by atoms with Crippen LogP contribution >= 0.6 is 0 Å². The van der Waals surface area contributed by atoms with E-state index in [1.165, 1.54) is 42.5 Å². The standard InChI is InChI=1S/C17H12F3N3O4S/c18-17(19,20)16-22-15(23-27-16)11-7-5-10(6-8-11)13(24)9-12-3-1-2-4-14(12)28(21,25)26/h1-8H,9H2,(H2,21,25,26). The number of carbonyl (C=O) groups is 1. The highest BCUT2D eigenvalue weighted by Gasteiger charge is 2.38. The Kier molecular flexibility index (Phi) is 5.04. The number of primary sulfonamides is 1. The van der Waals surface area contributed by atoms with Gasteiger partial charge in [-0.1, -0.05) is 47.6 Å². The summed E-state index contributed by atoms with van der Waals surface area (Å²) >= 11 is 0. The van der Waals surface area contributed by atoms with Gasteiger partial charge in [0.25, 0.3) is 0 Å². The van der Waals surface area contributed by atoms with E-state index >= 15 is 0 Å². The van der Waals surface area contributed by atoms with Gasteiger partial charge in [-0.05, 0) is 11.6 Å². The number of sulfonamides is 1. The van der Waals surface area contributed by atoms with Crippen LogP contribution in [0.1, 0.15) is 21.8 Å². The van der Waals surface area contributed by atoms with Gasteiger partial charge in [0, 0.05) is 17.5 Å². The summed E-state index contributed by atoms with van der Waals surface area (Å²) < 4.78 is 64.9. The van der Waals surface area contributed by atoms with Crippen LogP contribution in [-0.2, 0) is 22.6 Å². The number of nitrogens with zero attached hydrogens (tertiary/aromatic N) is 2. The van der Waals surface area contributed by atoms with Crippen molar-refractivity contribution in [1.82, 2.24) is 10.1 Å². The zero-order chi connectivity index (χ0) is 20.5. The van der Waals surface area contributed by atoms with Gasteiger partial charge < -0.3 is 4.52 Å². The normalized spacial score (nSPS) is 12.1. The van der Waals surface area contributed by atoms with Gasteiger partial charge in [0.1, 0.15) is 0 Å². The Bertz CT molecular complexity index is 1120. The number of rotatable bonds is 5. The van der Waals surface area contributed by atoms with Crippen LogP contribution in [0, 0.1) is 0 Å². The first-order valence-corrected chi connectivity index (χ1v) is 9.25. The molecule has 0 spiro atoms. The molecule has 0 aliphatic heterocycles. The highest BCUT2D eigenvalue weighted by molar-refractivity contribution is 7.89. The van der Waals surface area contributed by atoms with E-state index in [1.54, 1.807) is 6.07 Å². The number of aromatic nitrogens is 2. The monoisotopic (exact) mass is 411 g/mol. The quantitative estimate of drug-likeness (QED) is 0.646. The molecule has 11 heteroatoms. The van der Waals surface area contributed by atoms with Gasteiger partial charge in [-0.3, -0.25) is 4.79 Å². The molecule has 0 radical (unpaired) electrons. The number of carbonyl (C=O) groups excluding carboxylic acids is 1. The van der Waals surface area contributed by atoms with Crippen LogP contribution in [0.3, 0.4) is 0 Å². The summed E-state index contributed by atoms with van der Waals surface area (Å²) in [5.74, 6) is -2.14. The van der Waals surface area contributed by atoms with Crippen molar-refractivity contribution in [2.75, 3.05) is 0 Å². The first-order valence-electron chi connectivity index (χ1n) is 7.71. The summed E-state index contributed by atoms with van der Waals surface area (Å²) in [6, 6.07) is 11.3. The molecule has 1 heterocycles. The highest BCUT2D eigenvalue weighted by atomic mass is 32.2. The molecule has 3 rings (SSSR count). The molecule has 146 valence electrons. The summed E-state index contributed by atoms with van der Waals surface area (Å²) in [6.07, 6.45) is -4.97. The van der Waals surface area contributed by atoms with Crippen molar-refractivity contribution >= 4 is 15.8 Å². The Labute approximate surface area is 157 Å². The average Bonchev–Trinajstić information content (AvgIpc) is 3.12. The Morgan fingerprint density at radius 3 is 2.29 bits per heavy atom. The first kappa shape index (κ1) is 19.7. The van der Waals surface area contributed by atoms with Crippen molar-refractivity contribution in [3.05, 3.63) is 65.5 Å². The van der Waals surface area contributed by atoms with Gasteiger partial charge in [0.15, 0.2) is 5.78 Å². The number of ketones is 1. The van der Waals surface area contributed by atoms with Gasteiger partial charge in [0.05, 0.1) is 4.90 Å². The van der Waals surface area contributed by atoms with E-state index in [4.69, 9.17) is 5.14 Å². The predicted molar refractivity (Wildman–Crippen MR) is 90.6 cm³/mol. The molecule has 3 aromatic rings. The summed E-state index contributed by atoms with van der Waals surface area (Å²) in [6.45, 7) is 0. The van der Waals surface area contributed by atoms with Crippen molar-refractivity contribution < 1.29 is 30.9 Å². The van der Waals surface area contributed by atoms with Gasteiger partial charge >= 0.3 is 12.1 Å². The SMILES string of the molecule is NS(=O)(=O)c1ccccc1CC(=O)c1ccc(-c2noc(C(F)(F)F)n2)cc1. The largest absolute Gasteiger partial charge is 0.471 e. The Morgan fingerprint density at radius 1 is 1.07 bits per heavy atom. The molecule has 0 saturated heterocycles. The molecule has 0 aliphatic rings. The lowest BCUT2D eigenvalue weighted by Gasteiger charge is -2.07. The van der Waals surface area contributed by atoms with Crippen LogP contribution in [0.25, 0.3) is 11.4 Å². The van der Waals surface area contributed by atoms with E-state index in [0.29, 0.717) is 0 Å². The topological polar surface area (TPSA) is 116 Å². The minimum atomic E-state index is -4.75. The zero-order valence-corrected chi connectivity index (χ0v) is 14.8. The molecule has 0 amide bonds. The van der Waals surface area contributed by atoms with Crippen LogP contribution in [0.2, 0.25) is 0 Å². The molecule has 2 N–H and O–H groups in total. The first-order chi connectivity index (χ1) is 13.1. The molecule has 0 fully saturated rings. The molecule has 0 atom stereocenters. The lowest BCUT2D eigenvalue weighted by atomic mass is 10.0. The smallest absolute Gasteiger partial charge is 0.329 e. The summed E-state index contributed by atoms with van der Waals surface area (Å²) in [5, 5.41) is 8.41. The molecule has 28 heavy (non-hydrogen) atoms. The van der Waals surface area contributed by atoms with Crippen LogP contribution in [0.15, 0.2) is 57.9 Å². The van der Waals surface area contributed by atoms with Crippen molar-refractivity contribution in [2.45, 2.75) is 17.5 Å². The average molecular weight is 411 g/mol. The number of halogens is 3. The van der Waals surface area contributed by atoms with Gasteiger partial charge in [-0.2, -0.15) is 18.2 Å². The third-order valence-corrected chi connectivity index (χ3v) is 4.78. The Morgan fingerprint density at radius 2 is 1.71 bits per heavy atom. The maximum atomic E-state index is 12.5. The third kappa shape index (κ3) is 4.26. The van der Waals surface area contributed by atoms with Gasteiger partial charge in [-0.15, -0.1) is 0 Å². The van der Waals surface area contributed by atoms with E-state index in [-0.39, 0.29) is 33.8 Å². The van der Waals surface area contributed by atoms with Crippen LogP contribution in [0.4, 0.5) is 13.2 Å². The van der Waals surface area contributed by atoms with E-state index in [2.05, 4.69) is 14.7 Å². The lowest BCUT2D eigenvalue weighted by molar-refractivity contribution is -0.159. The maximum Gasteiger partial charge on any atom is 0.471 e. The van der Waals surface area contributed by atoms with Crippen molar-refractivity contribution in [2.24, 2.45) is 5.14 Å². The predicted octanol–water partition coefficient (Wildman–Crippen LogP) is 2.83. The van der Waals surface area contributed by atoms with Crippen molar-refractivity contribution in [1.29, 1.82) is 0 Å². The summed E-state index contributed by atoms with van der Waals surface area (Å²) in [4.78, 5) is 15.6. The second-order valence-corrected chi connectivity index (χ2v) is 7.28. The molecule has 7 nitrogen and oxygen atoms in total. The minimum Gasteiger partial charge on any atom is -0.329 e. The van der Waals surface area contributed by atoms with E-state index < -0.39 is 27.9 Å². The number of alkyl halides is 3. The minimum absolute atomic E-state index is 0.147. The van der Waals surface area contributed by atoms with Gasteiger partial charge in [-0.25, -0.2) is 13.6 Å². The number of Topliss-reactive ketones (excluding diaryl/α,β-unsaturated/α-hetero) is 1.